The number of rotatable bonds is 5. The number of hydrogen-bond acceptors (Lipinski definition) is 6. The zero-order chi connectivity index (χ0) is 12.1. The molecule has 0 unspecified atom stereocenters. The molecule has 0 radical (unpaired) electrons. The predicted octanol–water partition coefficient (Wildman–Crippen LogP) is 1.54. The number of hydrogen-bond donors (Lipinski definition) is 2. The largest absolute Gasteiger partial charge is 0.376 e. The fraction of sp³-hybridized carbons (Fsp3) is 0.818. The first kappa shape index (κ1) is 12.7. The first-order valence-electron chi connectivity index (χ1n) is 6.15. The summed E-state index contributed by atoms with van der Waals surface area (Å²) in [6.07, 6.45) is 4.77. The Hall–Kier alpha value is -0.720. The third-order valence-electron chi connectivity index (χ3n) is 2.98. The van der Waals surface area contributed by atoms with Crippen LogP contribution in [-0.4, -0.2) is 34.7 Å². The summed E-state index contributed by atoms with van der Waals surface area (Å²) in [6.45, 7) is 3.40. The van der Waals surface area contributed by atoms with Gasteiger partial charge in [0.15, 0.2) is 0 Å². The number of nitrogens with zero attached hydrogens (tertiary/aromatic N) is 2. The van der Waals surface area contributed by atoms with Crippen LogP contribution < -0.4 is 11.1 Å². The minimum atomic E-state index is 0.386. The number of nitrogens with two attached hydrogens (primary N) is 1. The Morgan fingerprint density at radius 2 is 2.18 bits per heavy atom. The summed E-state index contributed by atoms with van der Waals surface area (Å²) in [7, 11) is 0. The van der Waals surface area contributed by atoms with Crippen LogP contribution in [0.25, 0.3) is 0 Å². The lowest BCUT2D eigenvalue weighted by Gasteiger charge is -2.26. The van der Waals surface area contributed by atoms with Crippen molar-refractivity contribution in [1.29, 1.82) is 0 Å². The van der Waals surface area contributed by atoms with E-state index in [9.17, 15) is 0 Å². The fourth-order valence-electron chi connectivity index (χ4n) is 2.01. The van der Waals surface area contributed by atoms with Crippen molar-refractivity contribution < 1.29 is 4.74 Å². The van der Waals surface area contributed by atoms with Gasteiger partial charge in [-0.25, -0.2) is 4.98 Å². The Bertz CT molecular complexity index is 336. The Morgan fingerprint density at radius 3 is 2.82 bits per heavy atom. The molecule has 0 aromatic carbocycles. The fourth-order valence-corrected chi connectivity index (χ4v) is 2.61. The molecule has 1 aliphatic rings. The van der Waals surface area contributed by atoms with E-state index in [2.05, 4.69) is 14.7 Å². The molecular formula is C11H20N4OS. The third-order valence-corrected chi connectivity index (χ3v) is 3.74. The van der Waals surface area contributed by atoms with Crippen LogP contribution >= 0.6 is 11.5 Å². The molecule has 1 aromatic rings. The highest BCUT2D eigenvalue weighted by molar-refractivity contribution is 7.09. The van der Waals surface area contributed by atoms with Crippen LogP contribution in [0.5, 0.6) is 0 Å². The van der Waals surface area contributed by atoms with Gasteiger partial charge in [0, 0.05) is 24.1 Å². The number of aromatic nitrogens is 2. The summed E-state index contributed by atoms with van der Waals surface area (Å²) in [4.78, 5) is 4.23. The van der Waals surface area contributed by atoms with Gasteiger partial charge in [-0.2, -0.15) is 4.37 Å². The van der Waals surface area contributed by atoms with Crippen molar-refractivity contribution in [1.82, 2.24) is 9.36 Å². The summed E-state index contributed by atoms with van der Waals surface area (Å²) < 4.78 is 9.91. The zero-order valence-electron chi connectivity index (χ0n) is 10.2. The van der Waals surface area contributed by atoms with Crippen molar-refractivity contribution in [3.05, 3.63) is 5.82 Å². The molecule has 0 amide bonds. The van der Waals surface area contributed by atoms with Crippen LogP contribution in [-0.2, 0) is 4.74 Å². The maximum atomic E-state index is 5.85. The molecule has 0 atom stereocenters. The Kier molecular flexibility index (Phi) is 4.70. The molecule has 1 fully saturated rings. The first-order chi connectivity index (χ1) is 8.24. The van der Waals surface area contributed by atoms with Gasteiger partial charge in [-0.15, -0.1) is 0 Å². The van der Waals surface area contributed by atoms with E-state index in [4.69, 9.17) is 10.5 Å². The van der Waals surface area contributed by atoms with Gasteiger partial charge in [0.25, 0.3) is 0 Å². The standard InChI is InChI=1S/C11H20N4OS/c1-8-14-11(17-15-8)13-6-7-16-10-4-2-9(12)3-5-10/h9-10H,2-7,12H2,1H3,(H,13,14,15). The van der Waals surface area contributed by atoms with Gasteiger partial charge in [-0.3, -0.25) is 0 Å². The second kappa shape index (κ2) is 6.28. The number of ether oxygens (including phenoxy) is 1. The van der Waals surface area contributed by atoms with Crippen LogP contribution in [0.3, 0.4) is 0 Å². The highest BCUT2D eigenvalue weighted by Gasteiger charge is 2.18. The van der Waals surface area contributed by atoms with E-state index < -0.39 is 0 Å². The summed E-state index contributed by atoms with van der Waals surface area (Å²) in [5.74, 6) is 0.819. The van der Waals surface area contributed by atoms with E-state index in [1.165, 1.54) is 11.5 Å². The third kappa shape index (κ3) is 4.22. The molecule has 1 heterocycles. The van der Waals surface area contributed by atoms with Crippen LogP contribution in [0.15, 0.2) is 0 Å². The molecule has 0 aliphatic heterocycles. The topological polar surface area (TPSA) is 73.1 Å². The predicted molar refractivity (Wildman–Crippen MR) is 69.3 cm³/mol. The average Bonchev–Trinajstić information content (AvgIpc) is 2.73. The first-order valence-corrected chi connectivity index (χ1v) is 6.93. The van der Waals surface area contributed by atoms with Gasteiger partial charge < -0.3 is 15.8 Å². The Morgan fingerprint density at radius 1 is 1.41 bits per heavy atom. The van der Waals surface area contributed by atoms with Gasteiger partial charge in [-0.05, 0) is 32.6 Å². The normalized spacial score (nSPS) is 24.8. The molecule has 96 valence electrons. The second-order valence-corrected chi connectivity index (χ2v) is 5.23. The van der Waals surface area contributed by atoms with Crippen molar-refractivity contribution in [2.75, 3.05) is 18.5 Å². The highest BCUT2D eigenvalue weighted by Crippen LogP contribution is 2.19. The molecule has 3 N–H and O–H groups in total. The van der Waals surface area contributed by atoms with Gasteiger partial charge in [0.05, 0.1) is 12.7 Å². The van der Waals surface area contributed by atoms with Gasteiger partial charge in [0.1, 0.15) is 5.82 Å². The number of nitrogens with one attached hydrogen (secondary N) is 1. The SMILES string of the molecule is Cc1nsc(NCCOC2CCC(N)CC2)n1. The number of anilines is 1. The van der Waals surface area contributed by atoms with Crippen molar-refractivity contribution in [3.63, 3.8) is 0 Å². The van der Waals surface area contributed by atoms with Crippen molar-refractivity contribution >= 4 is 16.7 Å². The van der Waals surface area contributed by atoms with Crippen molar-refractivity contribution in [3.8, 4) is 0 Å². The molecule has 0 saturated heterocycles. The quantitative estimate of drug-likeness (QED) is 0.782. The molecule has 1 aromatic heterocycles. The highest BCUT2D eigenvalue weighted by atomic mass is 32.1. The summed E-state index contributed by atoms with van der Waals surface area (Å²) in [6, 6.07) is 0.386. The molecule has 0 spiro atoms. The maximum absolute atomic E-state index is 5.85. The van der Waals surface area contributed by atoms with Crippen LogP contribution in [0.4, 0.5) is 5.13 Å². The van der Waals surface area contributed by atoms with Gasteiger partial charge in [-0.1, -0.05) is 0 Å². The van der Waals surface area contributed by atoms with E-state index in [1.54, 1.807) is 0 Å². The lowest BCUT2D eigenvalue weighted by molar-refractivity contribution is 0.0313. The van der Waals surface area contributed by atoms with Crippen molar-refractivity contribution in [2.24, 2.45) is 5.73 Å². The zero-order valence-corrected chi connectivity index (χ0v) is 11.0. The Balaban J connectivity index is 1.57. The molecule has 17 heavy (non-hydrogen) atoms. The van der Waals surface area contributed by atoms with E-state index in [-0.39, 0.29) is 0 Å². The van der Waals surface area contributed by atoms with Crippen molar-refractivity contribution in [2.45, 2.75) is 44.8 Å². The van der Waals surface area contributed by atoms with Gasteiger partial charge >= 0.3 is 0 Å². The average molecular weight is 256 g/mol. The number of aryl methyl sites for hydroxylation is 1. The van der Waals surface area contributed by atoms with Crippen LogP contribution in [0.1, 0.15) is 31.5 Å². The lowest BCUT2D eigenvalue weighted by Crippen LogP contribution is -2.31. The smallest absolute Gasteiger partial charge is 0.202 e. The lowest BCUT2D eigenvalue weighted by atomic mass is 9.94. The van der Waals surface area contributed by atoms with Gasteiger partial charge in [0.2, 0.25) is 5.13 Å². The van der Waals surface area contributed by atoms with Crippen LogP contribution in [0, 0.1) is 6.92 Å². The summed E-state index contributed by atoms with van der Waals surface area (Å²) >= 11 is 1.39. The van der Waals surface area contributed by atoms with E-state index in [0.29, 0.717) is 12.1 Å². The minimum Gasteiger partial charge on any atom is -0.376 e. The summed E-state index contributed by atoms with van der Waals surface area (Å²) in [5, 5.41) is 4.08. The molecular weight excluding hydrogens is 236 g/mol. The van der Waals surface area contributed by atoms with E-state index in [0.717, 1.165) is 49.8 Å². The molecule has 0 bridgehead atoms. The molecule has 2 rings (SSSR count). The second-order valence-electron chi connectivity index (χ2n) is 4.48. The molecule has 1 saturated carbocycles. The maximum Gasteiger partial charge on any atom is 0.202 e. The monoisotopic (exact) mass is 256 g/mol. The molecule has 1 aliphatic carbocycles. The molecule has 5 nitrogen and oxygen atoms in total. The summed E-state index contributed by atoms with van der Waals surface area (Å²) in [5.41, 5.74) is 5.85. The minimum absolute atomic E-state index is 0.386. The molecule has 6 heteroatoms. The Labute approximate surface area is 106 Å². The van der Waals surface area contributed by atoms with Crippen LogP contribution in [0.2, 0.25) is 0 Å². The van der Waals surface area contributed by atoms with E-state index in [1.807, 2.05) is 6.92 Å². The van der Waals surface area contributed by atoms with E-state index >= 15 is 0 Å².